The molecule has 0 aromatic heterocycles. The van der Waals surface area contributed by atoms with E-state index in [0.29, 0.717) is 0 Å². The first-order chi connectivity index (χ1) is 8.87. The monoisotopic (exact) mass is 285 g/mol. The van der Waals surface area contributed by atoms with Gasteiger partial charge in [0.15, 0.2) is 0 Å². The van der Waals surface area contributed by atoms with Crippen molar-refractivity contribution >= 4 is 17.7 Å². The predicted molar refractivity (Wildman–Crippen MR) is 83.8 cm³/mol. The van der Waals surface area contributed by atoms with Gasteiger partial charge in [-0.15, -0.1) is 0 Å². The topological polar surface area (TPSA) is 38.3 Å². The summed E-state index contributed by atoms with van der Waals surface area (Å²) in [7, 11) is 3.31. The Morgan fingerprint density at radius 3 is 2.53 bits per heavy atom. The molecule has 0 spiro atoms. The molecule has 110 valence electrons. The highest BCUT2D eigenvalue weighted by atomic mass is 32.2. The molecule has 0 aromatic carbocycles. The molecule has 0 aromatic rings. The molecule has 0 aliphatic rings. The van der Waals surface area contributed by atoms with Crippen LogP contribution in [-0.2, 0) is 9.53 Å². The molecule has 0 heterocycles. The number of hydrogen-bond donors (Lipinski definition) is 1. The van der Waals surface area contributed by atoms with Crippen LogP contribution < -0.4 is 5.32 Å². The third kappa shape index (κ3) is 7.31. The van der Waals surface area contributed by atoms with E-state index in [4.69, 9.17) is 4.74 Å². The summed E-state index contributed by atoms with van der Waals surface area (Å²) in [5, 5.41) is 6.09. The van der Waals surface area contributed by atoms with Crippen LogP contribution in [0.25, 0.3) is 0 Å². The standard InChI is InChI=1S/C15H27NO2S/c1-7-8-13(11-19-12(2)16-5)9-10-15(3,4)14(17)18-6/h11,16H,2,7-10H2,1,3-6H3/b13-11+. The van der Waals surface area contributed by atoms with E-state index in [1.807, 2.05) is 20.9 Å². The molecule has 0 rings (SSSR count). The Morgan fingerprint density at radius 1 is 1.42 bits per heavy atom. The third-order valence-electron chi connectivity index (χ3n) is 3.03. The Bertz CT molecular complexity index is 335. The molecule has 0 fully saturated rings. The van der Waals surface area contributed by atoms with E-state index in [2.05, 4.69) is 24.2 Å². The third-order valence-corrected chi connectivity index (χ3v) is 3.97. The molecular formula is C15H27NO2S. The van der Waals surface area contributed by atoms with Crippen LogP contribution in [0, 0.1) is 5.41 Å². The summed E-state index contributed by atoms with van der Waals surface area (Å²) in [6.07, 6.45) is 3.89. The maximum atomic E-state index is 11.6. The summed E-state index contributed by atoms with van der Waals surface area (Å²) < 4.78 is 4.84. The Labute approximate surface area is 121 Å². The van der Waals surface area contributed by atoms with Crippen molar-refractivity contribution in [2.75, 3.05) is 14.2 Å². The quantitative estimate of drug-likeness (QED) is 0.648. The van der Waals surface area contributed by atoms with Gasteiger partial charge in [-0.25, -0.2) is 0 Å². The lowest BCUT2D eigenvalue weighted by molar-refractivity contribution is -0.151. The molecular weight excluding hydrogens is 258 g/mol. The second-order valence-corrected chi connectivity index (χ2v) is 6.16. The van der Waals surface area contributed by atoms with Crippen LogP contribution >= 0.6 is 11.8 Å². The summed E-state index contributed by atoms with van der Waals surface area (Å²) >= 11 is 1.61. The number of esters is 1. The SMILES string of the molecule is C=C(NC)S/C=C(\CCC)CCC(C)(C)C(=O)OC. The minimum Gasteiger partial charge on any atom is -0.469 e. The van der Waals surface area contributed by atoms with E-state index in [1.165, 1.54) is 12.7 Å². The fraction of sp³-hybridized carbons (Fsp3) is 0.667. The van der Waals surface area contributed by atoms with E-state index >= 15 is 0 Å². The van der Waals surface area contributed by atoms with Crippen LogP contribution in [0.15, 0.2) is 22.6 Å². The highest BCUT2D eigenvalue weighted by molar-refractivity contribution is 8.05. The van der Waals surface area contributed by atoms with Crippen molar-refractivity contribution in [2.45, 2.75) is 46.5 Å². The van der Waals surface area contributed by atoms with E-state index in [1.54, 1.807) is 11.8 Å². The highest BCUT2D eigenvalue weighted by Gasteiger charge is 2.28. The number of hydrogen-bond acceptors (Lipinski definition) is 4. The van der Waals surface area contributed by atoms with Gasteiger partial charge in [-0.05, 0) is 38.5 Å². The minimum absolute atomic E-state index is 0.143. The predicted octanol–water partition coefficient (Wildman–Crippen LogP) is 4.07. The summed E-state index contributed by atoms with van der Waals surface area (Å²) in [5.74, 6) is -0.143. The molecule has 3 nitrogen and oxygen atoms in total. The van der Waals surface area contributed by atoms with Gasteiger partial charge in [-0.1, -0.05) is 37.3 Å². The van der Waals surface area contributed by atoms with Crippen LogP contribution in [0.5, 0.6) is 0 Å². The molecule has 4 heteroatoms. The normalized spacial score (nSPS) is 12.2. The van der Waals surface area contributed by atoms with Crippen LogP contribution in [0.4, 0.5) is 0 Å². The number of ether oxygens (including phenoxy) is 1. The molecule has 0 aliphatic heterocycles. The fourth-order valence-electron chi connectivity index (χ4n) is 1.63. The van der Waals surface area contributed by atoms with E-state index in [0.717, 1.165) is 30.7 Å². The van der Waals surface area contributed by atoms with Crippen LogP contribution in [0.1, 0.15) is 46.5 Å². The largest absolute Gasteiger partial charge is 0.469 e. The summed E-state index contributed by atoms with van der Waals surface area (Å²) in [6.45, 7) is 9.92. The van der Waals surface area contributed by atoms with Gasteiger partial charge in [-0.2, -0.15) is 0 Å². The van der Waals surface area contributed by atoms with Gasteiger partial charge < -0.3 is 10.1 Å². The number of allylic oxidation sites excluding steroid dienone is 1. The van der Waals surface area contributed by atoms with Crippen molar-refractivity contribution in [1.29, 1.82) is 0 Å². The zero-order valence-corrected chi connectivity index (χ0v) is 13.7. The summed E-state index contributed by atoms with van der Waals surface area (Å²) in [6, 6.07) is 0. The lowest BCUT2D eigenvalue weighted by atomic mass is 9.86. The molecule has 0 atom stereocenters. The number of thioether (sulfide) groups is 1. The first-order valence-corrected chi connectivity index (χ1v) is 7.55. The maximum Gasteiger partial charge on any atom is 0.311 e. The smallest absolute Gasteiger partial charge is 0.311 e. The first-order valence-electron chi connectivity index (χ1n) is 6.67. The maximum absolute atomic E-state index is 11.6. The van der Waals surface area contributed by atoms with E-state index in [9.17, 15) is 4.79 Å². The lowest BCUT2D eigenvalue weighted by Gasteiger charge is -2.22. The average molecular weight is 285 g/mol. The molecule has 19 heavy (non-hydrogen) atoms. The van der Waals surface area contributed by atoms with Gasteiger partial charge in [0, 0.05) is 7.05 Å². The number of carbonyl (C=O) groups is 1. The van der Waals surface area contributed by atoms with E-state index in [-0.39, 0.29) is 5.97 Å². The molecule has 0 saturated carbocycles. The number of rotatable bonds is 9. The van der Waals surface area contributed by atoms with Crippen LogP contribution in [0.3, 0.4) is 0 Å². The molecule has 0 aliphatic carbocycles. The van der Waals surface area contributed by atoms with Gasteiger partial charge in [-0.3, -0.25) is 4.79 Å². The molecule has 0 radical (unpaired) electrons. The summed E-state index contributed by atoms with van der Waals surface area (Å²) in [4.78, 5) is 11.6. The van der Waals surface area contributed by atoms with Crippen molar-refractivity contribution in [2.24, 2.45) is 5.41 Å². The average Bonchev–Trinajstić information content (AvgIpc) is 2.40. The molecule has 1 N–H and O–H groups in total. The zero-order chi connectivity index (χ0) is 14.9. The van der Waals surface area contributed by atoms with Gasteiger partial charge in [0.25, 0.3) is 0 Å². The van der Waals surface area contributed by atoms with Gasteiger partial charge >= 0.3 is 5.97 Å². The zero-order valence-electron chi connectivity index (χ0n) is 12.8. The minimum atomic E-state index is -0.424. The van der Waals surface area contributed by atoms with Gasteiger partial charge in [0.2, 0.25) is 0 Å². The molecule has 0 amide bonds. The Hall–Kier alpha value is -0.900. The van der Waals surface area contributed by atoms with Crippen molar-refractivity contribution in [3.63, 3.8) is 0 Å². The Kier molecular flexibility index (Phi) is 8.65. The second kappa shape index (κ2) is 9.08. The van der Waals surface area contributed by atoms with Gasteiger partial charge in [0.1, 0.15) is 0 Å². The lowest BCUT2D eigenvalue weighted by Crippen LogP contribution is -2.25. The number of nitrogens with one attached hydrogen (secondary N) is 1. The molecule has 0 unspecified atom stereocenters. The number of carbonyl (C=O) groups excluding carboxylic acids is 1. The number of methoxy groups -OCH3 is 1. The van der Waals surface area contributed by atoms with Gasteiger partial charge in [0.05, 0.1) is 17.6 Å². The van der Waals surface area contributed by atoms with Crippen molar-refractivity contribution < 1.29 is 9.53 Å². The second-order valence-electron chi connectivity index (χ2n) is 5.19. The molecule has 0 bridgehead atoms. The van der Waals surface area contributed by atoms with Crippen molar-refractivity contribution in [3.8, 4) is 0 Å². The fourth-order valence-corrected chi connectivity index (χ4v) is 2.29. The van der Waals surface area contributed by atoms with Crippen LogP contribution in [0.2, 0.25) is 0 Å². The van der Waals surface area contributed by atoms with E-state index < -0.39 is 5.41 Å². The Balaban J connectivity index is 4.51. The first kappa shape index (κ1) is 18.1. The summed E-state index contributed by atoms with van der Waals surface area (Å²) in [5.41, 5.74) is 0.938. The molecule has 0 saturated heterocycles. The van der Waals surface area contributed by atoms with Crippen LogP contribution in [-0.4, -0.2) is 20.1 Å². The van der Waals surface area contributed by atoms with Crippen molar-refractivity contribution in [3.05, 3.63) is 22.6 Å². The Morgan fingerprint density at radius 2 is 2.05 bits per heavy atom. The highest BCUT2D eigenvalue weighted by Crippen LogP contribution is 2.29. The van der Waals surface area contributed by atoms with Crippen molar-refractivity contribution in [1.82, 2.24) is 5.32 Å².